The van der Waals surface area contributed by atoms with Crippen LogP contribution in [0, 0.1) is 0 Å². The number of ketones is 1. The lowest BCUT2D eigenvalue weighted by Gasteiger charge is -2.01. The third-order valence-electron chi connectivity index (χ3n) is 0.995. The molecule has 0 heterocycles. The molecule has 0 N–H and O–H groups in total. The highest BCUT2D eigenvalue weighted by Crippen LogP contribution is 1.92. The molecule has 0 radical (unpaired) electrons. The van der Waals surface area contributed by atoms with Crippen molar-refractivity contribution in [3.63, 3.8) is 0 Å². The van der Waals surface area contributed by atoms with E-state index in [1.165, 1.54) is 14.0 Å². The van der Waals surface area contributed by atoms with E-state index in [-0.39, 0.29) is 5.78 Å². The first kappa shape index (κ1) is 8.56. The van der Waals surface area contributed by atoms with Crippen molar-refractivity contribution in [3.8, 4) is 0 Å². The van der Waals surface area contributed by atoms with Crippen molar-refractivity contribution in [2.24, 2.45) is 0 Å². The average molecular weight is 133 g/mol. The van der Waals surface area contributed by atoms with Gasteiger partial charge in [-0.25, -0.2) is 0 Å². The molecule has 0 unspecified atom stereocenters. The fraction of sp³-hybridized carbons (Fsp3) is 0.833. The number of carbonyl (C=O) groups excluding carboxylic acids is 1. The maximum atomic E-state index is 11.9. The quantitative estimate of drug-likeness (QED) is 0.536. The van der Waals surface area contributed by atoms with Gasteiger partial charge in [-0.15, -0.1) is 9.60 Å². The molecule has 0 bridgehead atoms. The minimum Gasteiger partial charge on any atom is -0.300 e. The summed E-state index contributed by atoms with van der Waals surface area (Å²) < 4.78 is 11.9. The first-order valence-corrected chi connectivity index (χ1v) is 2.99. The van der Waals surface area contributed by atoms with Crippen LogP contribution in [0.25, 0.3) is 0 Å². The Hall–Kier alpha value is -0.440. The van der Waals surface area contributed by atoms with E-state index in [2.05, 4.69) is 0 Å². The van der Waals surface area contributed by atoms with Crippen LogP contribution in [0.15, 0.2) is 0 Å². The zero-order valence-electron chi connectivity index (χ0n) is 5.85. The number of rotatable bonds is 4. The summed E-state index contributed by atoms with van der Waals surface area (Å²) in [4.78, 5) is 10.3. The van der Waals surface area contributed by atoms with Crippen molar-refractivity contribution >= 4 is 5.78 Å². The van der Waals surface area contributed by atoms with E-state index in [1.807, 2.05) is 0 Å². The van der Waals surface area contributed by atoms with Gasteiger partial charge in [0.1, 0.15) is 5.78 Å². The second kappa shape index (κ2) is 4.44. The topological polar surface area (TPSA) is 20.3 Å². The molecule has 0 atom stereocenters. The molecule has 0 aliphatic carbocycles. The monoisotopic (exact) mass is 133 g/mol. The molecule has 0 aliphatic rings. The molecule has 54 valence electrons. The molecule has 0 aromatic rings. The molecule has 9 heavy (non-hydrogen) atoms. The Balaban J connectivity index is 3.01. The highest BCUT2D eigenvalue weighted by Gasteiger charge is 1.95. The van der Waals surface area contributed by atoms with Crippen LogP contribution < -0.4 is 0 Å². The molecular formula is C6H12FNO. The van der Waals surface area contributed by atoms with E-state index in [0.29, 0.717) is 24.5 Å². The molecule has 0 aromatic carbocycles. The van der Waals surface area contributed by atoms with Crippen molar-refractivity contribution in [3.05, 3.63) is 0 Å². The molecule has 2 nitrogen and oxygen atoms in total. The fourth-order valence-corrected chi connectivity index (χ4v) is 0.546. The number of hydrogen-bond acceptors (Lipinski definition) is 2. The molecule has 3 heteroatoms. The summed E-state index contributed by atoms with van der Waals surface area (Å²) in [7, 11) is 1.35. The number of carbonyl (C=O) groups is 1. The smallest absolute Gasteiger partial charge is 0.129 e. The maximum absolute atomic E-state index is 11.9. The van der Waals surface area contributed by atoms with Crippen molar-refractivity contribution < 1.29 is 9.28 Å². The van der Waals surface area contributed by atoms with Gasteiger partial charge in [-0.2, -0.15) is 0 Å². The Kier molecular flexibility index (Phi) is 4.22. The zero-order chi connectivity index (χ0) is 7.28. The van der Waals surface area contributed by atoms with Gasteiger partial charge in [-0.1, -0.05) is 0 Å². The van der Waals surface area contributed by atoms with Gasteiger partial charge < -0.3 is 4.79 Å². The second-order valence-electron chi connectivity index (χ2n) is 2.13. The van der Waals surface area contributed by atoms with Crippen molar-refractivity contribution in [2.45, 2.75) is 19.8 Å². The Morgan fingerprint density at radius 3 is 2.56 bits per heavy atom. The van der Waals surface area contributed by atoms with Crippen LogP contribution in [0.2, 0.25) is 0 Å². The number of Topliss-reactive ketones (excluding diaryl/α,β-unsaturated/α-hetero) is 1. The van der Waals surface area contributed by atoms with E-state index in [0.717, 1.165) is 0 Å². The molecule has 0 amide bonds. The van der Waals surface area contributed by atoms with Crippen LogP contribution in [0.4, 0.5) is 4.48 Å². The lowest BCUT2D eigenvalue weighted by molar-refractivity contribution is -0.117. The summed E-state index contributed by atoms with van der Waals surface area (Å²) in [5, 5.41) is 0.586. The Bertz CT molecular complexity index is 93.1. The summed E-state index contributed by atoms with van der Waals surface area (Å²) in [6.45, 7) is 1.86. The lowest BCUT2D eigenvalue weighted by Crippen LogP contribution is -2.08. The van der Waals surface area contributed by atoms with Crippen LogP contribution in [0.3, 0.4) is 0 Å². The van der Waals surface area contributed by atoms with E-state index in [9.17, 15) is 9.28 Å². The molecule has 0 aliphatic heterocycles. The van der Waals surface area contributed by atoms with E-state index >= 15 is 0 Å². The third-order valence-corrected chi connectivity index (χ3v) is 0.995. The van der Waals surface area contributed by atoms with E-state index in [4.69, 9.17) is 0 Å². The van der Waals surface area contributed by atoms with Gasteiger partial charge in [-0.3, -0.25) is 0 Å². The summed E-state index contributed by atoms with van der Waals surface area (Å²) >= 11 is 0. The Morgan fingerprint density at radius 2 is 2.22 bits per heavy atom. The molecule has 0 aromatic heterocycles. The standard InChI is InChI=1S/C6H12FNO/c1-6(9)4-3-5-8(2)7/h3-5H2,1-2H3. The molecule has 0 fully saturated rings. The molecule has 0 saturated carbocycles. The van der Waals surface area contributed by atoms with Gasteiger partial charge >= 0.3 is 0 Å². The fourth-order valence-electron chi connectivity index (χ4n) is 0.546. The highest BCUT2D eigenvalue weighted by atomic mass is 19.2. The van der Waals surface area contributed by atoms with Crippen molar-refractivity contribution in [1.82, 2.24) is 5.12 Å². The molecule has 0 spiro atoms. The zero-order valence-corrected chi connectivity index (χ0v) is 5.85. The predicted molar refractivity (Wildman–Crippen MR) is 33.7 cm³/mol. The van der Waals surface area contributed by atoms with Crippen LogP contribution >= 0.6 is 0 Å². The first-order chi connectivity index (χ1) is 4.13. The molecule has 0 rings (SSSR count). The Morgan fingerprint density at radius 1 is 1.67 bits per heavy atom. The third kappa shape index (κ3) is 7.56. The largest absolute Gasteiger partial charge is 0.300 e. The predicted octanol–water partition coefficient (Wildman–Crippen LogP) is 1.17. The molecular weight excluding hydrogens is 121 g/mol. The van der Waals surface area contributed by atoms with Gasteiger partial charge in [0, 0.05) is 20.0 Å². The number of nitrogens with zero attached hydrogens (tertiary/aromatic N) is 1. The SMILES string of the molecule is CC(=O)CCCN(C)F. The number of halogens is 1. The van der Waals surface area contributed by atoms with E-state index in [1.54, 1.807) is 0 Å². The summed E-state index contributed by atoms with van der Waals surface area (Å²) in [6, 6.07) is 0. The second-order valence-corrected chi connectivity index (χ2v) is 2.13. The first-order valence-electron chi connectivity index (χ1n) is 2.99. The number of hydrogen-bond donors (Lipinski definition) is 0. The van der Waals surface area contributed by atoms with Crippen LogP contribution in [-0.4, -0.2) is 24.5 Å². The lowest BCUT2D eigenvalue weighted by atomic mass is 10.2. The van der Waals surface area contributed by atoms with Crippen LogP contribution in [0.1, 0.15) is 19.8 Å². The van der Waals surface area contributed by atoms with Crippen LogP contribution in [-0.2, 0) is 4.79 Å². The van der Waals surface area contributed by atoms with Gasteiger partial charge in [0.2, 0.25) is 0 Å². The summed E-state index contributed by atoms with van der Waals surface area (Å²) in [5.74, 6) is 0.122. The van der Waals surface area contributed by atoms with Crippen LogP contribution in [0.5, 0.6) is 0 Å². The normalized spacial score (nSPS) is 10.2. The maximum Gasteiger partial charge on any atom is 0.129 e. The summed E-state index contributed by atoms with van der Waals surface area (Å²) in [6.07, 6.45) is 1.09. The summed E-state index contributed by atoms with van der Waals surface area (Å²) in [5.41, 5.74) is 0. The van der Waals surface area contributed by atoms with Gasteiger partial charge in [0.15, 0.2) is 0 Å². The van der Waals surface area contributed by atoms with Gasteiger partial charge in [-0.05, 0) is 13.3 Å². The van der Waals surface area contributed by atoms with Gasteiger partial charge in [0.25, 0.3) is 0 Å². The minimum absolute atomic E-state index is 0.122. The van der Waals surface area contributed by atoms with Crippen molar-refractivity contribution in [1.29, 1.82) is 0 Å². The average Bonchev–Trinajstić information content (AvgIpc) is 1.63. The van der Waals surface area contributed by atoms with Crippen molar-refractivity contribution in [2.75, 3.05) is 13.6 Å². The van der Waals surface area contributed by atoms with Gasteiger partial charge in [0.05, 0.1) is 0 Å². The highest BCUT2D eigenvalue weighted by molar-refractivity contribution is 5.75. The molecule has 0 saturated heterocycles. The minimum atomic E-state index is 0.122. The van der Waals surface area contributed by atoms with E-state index < -0.39 is 0 Å². The Labute approximate surface area is 54.6 Å².